The van der Waals surface area contributed by atoms with Crippen LogP contribution in [0.3, 0.4) is 0 Å². The molecule has 0 radical (unpaired) electrons. The van der Waals surface area contributed by atoms with Gasteiger partial charge in [0.1, 0.15) is 11.4 Å². The quantitative estimate of drug-likeness (QED) is 0.677. The van der Waals surface area contributed by atoms with Gasteiger partial charge in [0.2, 0.25) is 0 Å². The summed E-state index contributed by atoms with van der Waals surface area (Å²) in [5.74, 6) is 1.37. The highest BCUT2D eigenvalue weighted by molar-refractivity contribution is 5.73. The molecule has 0 aliphatic rings. The molecular formula is C20H25N5O3. The lowest BCUT2D eigenvalue weighted by Crippen LogP contribution is -2.36. The van der Waals surface area contributed by atoms with Crippen LogP contribution in [0.5, 0.6) is 5.75 Å². The van der Waals surface area contributed by atoms with Crippen LogP contribution in [-0.4, -0.2) is 40.0 Å². The number of nitrogens with zero attached hydrogens (tertiary/aromatic N) is 4. The number of aromatic nitrogens is 3. The van der Waals surface area contributed by atoms with Crippen LogP contribution < -0.4 is 10.1 Å². The first kappa shape index (κ1) is 19.5. The number of methoxy groups -OCH3 is 1. The normalized spacial score (nSPS) is 10.7. The van der Waals surface area contributed by atoms with Crippen molar-refractivity contribution in [3.63, 3.8) is 0 Å². The smallest absolute Gasteiger partial charge is 0.317 e. The highest BCUT2D eigenvalue weighted by Crippen LogP contribution is 2.24. The van der Waals surface area contributed by atoms with Crippen LogP contribution in [0, 0.1) is 6.92 Å². The van der Waals surface area contributed by atoms with Gasteiger partial charge in [0, 0.05) is 36.5 Å². The molecule has 2 amide bonds. The van der Waals surface area contributed by atoms with E-state index in [-0.39, 0.29) is 12.6 Å². The minimum absolute atomic E-state index is 0.186. The number of urea groups is 1. The van der Waals surface area contributed by atoms with Gasteiger partial charge in [0.15, 0.2) is 5.76 Å². The lowest BCUT2D eigenvalue weighted by atomic mass is 10.1. The van der Waals surface area contributed by atoms with Gasteiger partial charge in [-0.15, -0.1) is 0 Å². The number of carbonyl (C=O) groups is 1. The fraction of sp³-hybridized carbons (Fsp3) is 0.350. The first-order valence-electron chi connectivity index (χ1n) is 9.12. The summed E-state index contributed by atoms with van der Waals surface area (Å²) >= 11 is 0. The molecule has 0 aliphatic heterocycles. The van der Waals surface area contributed by atoms with E-state index >= 15 is 0 Å². The molecule has 2 heterocycles. The number of hydrogen-bond acceptors (Lipinski definition) is 5. The van der Waals surface area contributed by atoms with Gasteiger partial charge in [-0.2, -0.15) is 5.10 Å². The Balaban J connectivity index is 1.57. The second-order valence-corrected chi connectivity index (χ2v) is 6.50. The van der Waals surface area contributed by atoms with Crippen molar-refractivity contribution in [1.29, 1.82) is 0 Å². The molecule has 28 heavy (non-hydrogen) atoms. The summed E-state index contributed by atoms with van der Waals surface area (Å²) in [6.07, 6.45) is 1.81. The van der Waals surface area contributed by atoms with E-state index in [2.05, 4.69) is 15.6 Å². The largest absolute Gasteiger partial charge is 0.497 e. The fourth-order valence-electron chi connectivity index (χ4n) is 2.90. The number of ether oxygens (including phenoxy) is 1. The van der Waals surface area contributed by atoms with E-state index in [1.807, 2.05) is 48.9 Å². The molecule has 3 rings (SSSR count). The van der Waals surface area contributed by atoms with Gasteiger partial charge in [-0.1, -0.05) is 17.3 Å². The van der Waals surface area contributed by atoms with Crippen LogP contribution in [0.15, 0.2) is 41.1 Å². The maximum Gasteiger partial charge on any atom is 0.317 e. The Labute approximate surface area is 164 Å². The van der Waals surface area contributed by atoms with E-state index in [0.29, 0.717) is 18.0 Å². The maximum absolute atomic E-state index is 12.4. The van der Waals surface area contributed by atoms with E-state index in [1.165, 1.54) is 0 Å². The van der Waals surface area contributed by atoms with Crippen molar-refractivity contribution in [2.75, 3.05) is 14.2 Å². The SMILES string of the molecule is CCn1ncc(CN(C)C(=O)NCc2cc(-c3cccc(OC)c3)on2)c1C. The number of aryl methyl sites for hydroxylation is 1. The first-order valence-corrected chi connectivity index (χ1v) is 9.12. The number of benzene rings is 1. The summed E-state index contributed by atoms with van der Waals surface area (Å²) in [5, 5.41) is 11.2. The van der Waals surface area contributed by atoms with Gasteiger partial charge < -0.3 is 19.5 Å². The standard InChI is InChI=1S/C20H25N5O3/c1-5-25-14(2)16(11-22-25)13-24(3)20(26)21-12-17-10-19(28-23-17)15-7-6-8-18(9-15)27-4/h6-11H,5,12-13H2,1-4H3,(H,21,26). The van der Waals surface area contributed by atoms with Crippen LogP contribution in [0.1, 0.15) is 23.9 Å². The van der Waals surface area contributed by atoms with Gasteiger partial charge in [-0.3, -0.25) is 4.68 Å². The van der Waals surface area contributed by atoms with Gasteiger partial charge in [0.25, 0.3) is 0 Å². The predicted octanol–water partition coefficient (Wildman–Crippen LogP) is 3.22. The van der Waals surface area contributed by atoms with Crippen molar-refractivity contribution < 1.29 is 14.1 Å². The van der Waals surface area contributed by atoms with Crippen molar-refractivity contribution >= 4 is 6.03 Å². The Bertz CT molecular complexity index is 947. The van der Waals surface area contributed by atoms with Crippen molar-refractivity contribution in [1.82, 2.24) is 25.2 Å². The lowest BCUT2D eigenvalue weighted by Gasteiger charge is -2.17. The minimum atomic E-state index is -0.186. The number of amides is 2. The highest BCUT2D eigenvalue weighted by atomic mass is 16.5. The minimum Gasteiger partial charge on any atom is -0.497 e. The highest BCUT2D eigenvalue weighted by Gasteiger charge is 2.14. The summed E-state index contributed by atoms with van der Waals surface area (Å²) in [4.78, 5) is 14.0. The van der Waals surface area contributed by atoms with Crippen LogP contribution in [0.4, 0.5) is 4.79 Å². The maximum atomic E-state index is 12.4. The van der Waals surface area contributed by atoms with E-state index in [0.717, 1.165) is 29.1 Å². The molecule has 2 aromatic heterocycles. The molecule has 1 N–H and O–H groups in total. The Morgan fingerprint density at radius 3 is 2.89 bits per heavy atom. The average Bonchev–Trinajstić information content (AvgIpc) is 3.33. The molecule has 0 saturated carbocycles. The second-order valence-electron chi connectivity index (χ2n) is 6.50. The van der Waals surface area contributed by atoms with E-state index in [9.17, 15) is 4.79 Å². The van der Waals surface area contributed by atoms with E-state index in [4.69, 9.17) is 9.26 Å². The summed E-state index contributed by atoms with van der Waals surface area (Å²) in [6.45, 7) is 5.63. The van der Waals surface area contributed by atoms with Crippen molar-refractivity contribution in [3.05, 3.63) is 53.5 Å². The Morgan fingerprint density at radius 2 is 2.18 bits per heavy atom. The number of rotatable bonds is 7. The average molecular weight is 383 g/mol. The molecular weight excluding hydrogens is 358 g/mol. The predicted molar refractivity (Wildman–Crippen MR) is 105 cm³/mol. The summed E-state index contributed by atoms with van der Waals surface area (Å²) < 4.78 is 12.5. The van der Waals surface area contributed by atoms with Crippen molar-refractivity contribution in [2.45, 2.75) is 33.5 Å². The molecule has 8 nitrogen and oxygen atoms in total. The van der Waals surface area contributed by atoms with Crippen LogP contribution in [0.25, 0.3) is 11.3 Å². The molecule has 0 spiro atoms. The third-order valence-electron chi connectivity index (χ3n) is 4.59. The van der Waals surface area contributed by atoms with E-state index in [1.54, 1.807) is 25.3 Å². The molecule has 0 unspecified atom stereocenters. The third-order valence-corrected chi connectivity index (χ3v) is 4.59. The fourth-order valence-corrected chi connectivity index (χ4v) is 2.90. The van der Waals surface area contributed by atoms with E-state index < -0.39 is 0 Å². The van der Waals surface area contributed by atoms with Crippen LogP contribution in [0.2, 0.25) is 0 Å². The Hall–Kier alpha value is -3.29. The molecule has 1 aromatic carbocycles. The molecule has 0 atom stereocenters. The van der Waals surface area contributed by atoms with Crippen molar-refractivity contribution in [2.24, 2.45) is 0 Å². The number of carbonyl (C=O) groups excluding carboxylic acids is 1. The summed E-state index contributed by atoms with van der Waals surface area (Å²) in [7, 11) is 3.37. The first-order chi connectivity index (χ1) is 13.5. The molecule has 0 fully saturated rings. The zero-order valence-corrected chi connectivity index (χ0v) is 16.6. The second kappa shape index (κ2) is 8.60. The molecule has 0 aliphatic carbocycles. The summed E-state index contributed by atoms with van der Waals surface area (Å²) in [6, 6.07) is 9.16. The van der Waals surface area contributed by atoms with Crippen LogP contribution in [-0.2, 0) is 19.6 Å². The molecule has 148 valence electrons. The van der Waals surface area contributed by atoms with Gasteiger partial charge in [-0.25, -0.2) is 4.79 Å². The van der Waals surface area contributed by atoms with Crippen LogP contribution >= 0.6 is 0 Å². The topological polar surface area (TPSA) is 85.4 Å². The Morgan fingerprint density at radius 1 is 1.36 bits per heavy atom. The van der Waals surface area contributed by atoms with Gasteiger partial charge in [-0.05, 0) is 26.0 Å². The zero-order chi connectivity index (χ0) is 20.1. The van der Waals surface area contributed by atoms with Gasteiger partial charge >= 0.3 is 6.03 Å². The Kier molecular flexibility index (Phi) is 5.98. The van der Waals surface area contributed by atoms with Gasteiger partial charge in [0.05, 0.1) is 26.4 Å². The number of hydrogen-bond donors (Lipinski definition) is 1. The third kappa shape index (κ3) is 4.33. The summed E-state index contributed by atoms with van der Waals surface area (Å²) in [5.41, 5.74) is 3.61. The van der Waals surface area contributed by atoms with Crippen molar-refractivity contribution in [3.8, 4) is 17.1 Å². The molecule has 0 saturated heterocycles. The molecule has 0 bridgehead atoms. The molecule has 3 aromatic rings. The zero-order valence-electron chi connectivity index (χ0n) is 16.6. The number of nitrogens with one attached hydrogen (secondary N) is 1. The lowest BCUT2D eigenvalue weighted by molar-refractivity contribution is 0.206. The molecule has 8 heteroatoms. The monoisotopic (exact) mass is 383 g/mol.